The van der Waals surface area contributed by atoms with E-state index < -0.39 is 11.6 Å². The van der Waals surface area contributed by atoms with Gasteiger partial charge in [-0.25, -0.2) is 13.8 Å². The summed E-state index contributed by atoms with van der Waals surface area (Å²) in [6, 6.07) is 7.95. The third-order valence-electron chi connectivity index (χ3n) is 5.27. The molecular weight excluding hydrogens is 408 g/mol. The number of aryl methyl sites for hydroxylation is 1. The van der Waals surface area contributed by atoms with Crippen molar-refractivity contribution in [3.63, 3.8) is 0 Å². The van der Waals surface area contributed by atoms with Crippen LogP contribution in [0, 0.1) is 11.6 Å². The summed E-state index contributed by atoms with van der Waals surface area (Å²) in [6.07, 6.45) is 4.11. The first-order valence-corrected chi connectivity index (χ1v) is 10.9. The second-order valence-corrected chi connectivity index (χ2v) is 8.27. The average molecular weight is 432 g/mol. The van der Waals surface area contributed by atoms with Crippen LogP contribution in [0.25, 0.3) is 11.3 Å². The van der Waals surface area contributed by atoms with Crippen molar-refractivity contribution in [2.75, 3.05) is 19.6 Å². The lowest BCUT2D eigenvalue weighted by Crippen LogP contribution is -2.36. The Balaban J connectivity index is 1.32. The number of carbonyl (C=O) groups is 1. The molecule has 3 aromatic rings. The molecule has 1 aliphatic rings. The molecule has 0 bridgehead atoms. The van der Waals surface area contributed by atoms with Crippen molar-refractivity contribution in [3.8, 4) is 11.3 Å². The number of oxazole rings is 1. The van der Waals surface area contributed by atoms with Gasteiger partial charge in [0.25, 0.3) is 0 Å². The summed E-state index contributed by atoms with van der Waals surface area (Å²) in [4.78, 5) is 20.1. The van der Waals surface area contributed by atoms with Crippen LogP contribution in [0.3, 0.4) is 0 Å². The molecule has 4 rings (SSSR count). The van der Waals surface area contributed by atoms with Gasteiger partial charge < -0.3 is 9.73 Å². The van der Waals surface area contributed by atoms with Gasteiger partial charge >= 0.3 is 0 Å². The number of rotatable bonds is 8. The quantitative estimate of drug-likeness (QED) is 0.568. The smallest absolute Gasteiger partial charge is 0.220 e. The van der Waals surface area contributed by atoms with Crippen LogP contribution in [0.15, 0.2) is 46.3 Å². The molecule has 1 amide bonds. The molecule has 0 saturated carbocycles. The summed E-state index contributed by atoms with van der Waals surface area (Å²) < 4.78 is 33.2. The molecule has 1 aliphatic heterocycles. The molecule has 8 heteroatoms. The molecule has 2 aromatic heterocycles. The van der Waals surface area contributed by atoms with Crippen molar-refractivity contribution in [1.29, 1.82) is 0 Å². The van der Waals surface area contributed by atoms with Crippen LogP contribution in [0.2, 0.25) is 0 Å². The van der Waals surface area contributed by atoms with E-state index in [4.69, 9.17) is 4.42 Å². The fraction of sp³-hybridized carbons (Fsp3) is 0.364. The first kappa shape index (κ1) is 20.7. The largest absolute Gasteiger partial charge is 0.441 e. The van der Waals surface area contributed by atoms with Crippen molar-refractivity contribution in [1.82, 2.24) is 15.2 Å². The normalized spacial score (nSPS) is 15.4. The molecule has 1 saturated heterocycles. The Morgan fingerprint density at radius 3 is 2.67 bits per heavy atom. The van der Waals surface area contributed by atoms with Gasteiger partial charge in [-0.2, -0.15) is 0 Å². The molecule has 1 fully saturated rings. The number of aromatic nitrogens is 1. The predicted molar refractivity (Wildman–Crippen MR) is 111 cm³/mol. The van der Waals surface area contributed by atoms with E-state index in [9.17, 15) is 13.6 Å². The highest BCUT2D eigenvalue weighted by Gasteiger charge is 2.24. The minimum atomic E-state index is -0.711. The topological polar surface area (TPSA) is 58.4 Å². The van der Waals surface area contributed by atoms with Gasteiger partial charge in [0.1, 0.15) is 11.6 Å². The van der Waals surface area contributed by atoms with Gasteiger partial charge in [-0.15, -0.1) is 11.3 Å². The van der Waals surface area contributed by atoms with Crippen molar-refractivity contribution in [2.24, 2.45) is 0 Å². The zero-order valence-electron chi connectivity index (χ0n) is 16.4. The number of likely N-dealkylation sites (tertiary alicyclic amines) is 1. The second-order valence-electron chi connectivity index (χ2n) is 7.29. The fourth-order valence-corrected chi connectivity index (χ4v) is 4.60. The molecule has 1 atom stereocenters. The zero-order valence-corrected chi connectivity index (χ0v) is 17.3. The predicted octanol–water partition coefficient (Wildman–Crippen LogP) is 4.57. The highest BCUT2D eigenvalue weighted by atomic mass is 32.1. The van der Waals surface area contributed by atoms with Crippen molar-refractivity contribution < 1.29 is 18.0 Å². The first-order chi connectivity index (χ1) is 14.6. The molecule has 5 nitrogen and oxygen atoms in total. The molecule has 1 aromatic carbocycles. The molecule has 30 heavy (non-hydrogen) atoms. The van der Waals surface area contributed by atoms with Gasteiger partial charge in [0.2, 0.25) is 5.91 Å². The van der Waals surface area contributed by atoms with Crippen LogP contribution < -0.4 is 5.32 Å². The van der Waals surface area contributed by atoms with Crippen LogP contribution in [0.1, 0.15) is 36.1 Å². The van der Waals surface area contributed by atoms with Crippen molar-refractivity contribution in [2.45, 2.75) is 31.7 Å². The van der Waals surface area contributed by atoms with Gasteiger partial charge in [0, 0.05) is 24.3 Å². The number of hydrogen-bond donors (Lipinski definition) is 1. The maximum absolute atomic E-state index is 13.9. The molecule has 0 spiro atoms. The van der Waals surface area contributed by atoms with Gasteiger partial charge in [-0.1, -0.05) is 12.1 Å². The van der Waals surface area contributed by atoms with E-state index in [0.29, 0.717) is 6.54 Å². The zero-order chi connectivity index (χ0) is 20.9. The highest BCUT2D eigenvalue weighted by Crippen LogP contribution is 2.28. The minimum Gasteiger partial charge on any atom is -0.441 e. The summed E-state index contributed by atoms with van der Waals surface area (Å²) in [5.74, 6) is -1.23. The van der Waals surface area contributed by atoms with Crippen LogP contribution in [0.5, 0.6) is 0 Å². The lowest BCUT2D eigenvalue weighted by Gasteiger charge is -2.26. The number of carbonyl (C=O) groups excluding carboxylic acids is 1. The van der Waals surface area contributed by atoms with Gasteiger partial charge in [0.15, 0.2) is 11.7 Å². The van der Waals surface area contributed by atoms with E-state index in [-0.39, 0.29) is 42.0 Å². The summed E-state index contributed by atoms with van der Waals surface area (Å²) in [7, 11) is 0. The molecule has 0 unspecified atom stereocenters. The number of nitrogens with one attached hydrogen (secondary N) is 1. The van der Waals surface area contributed by atoms with Crippen LogP contribution in [0.4, 0.5) is 8.78 Å². The van der Waals surface area contributed by atoms with E-state index in [0.717, 1.165) is 13.1 Å². The van der Waals surface area contributed by atoms with E-state index in [2.05, 4.69) is 26.6 Å². The Morgan fingerprint density at radius 2 is 1.97 bits per heavy atom. The van der Waals surface area contributed by atoms with Crippen LogP contribution in [-0.4, -0.2) is 35.4 Å². The Labute approximate surface area is 177 Å². The number of benzene rings is 1. The molecule has 0 aliphatic carbocycles. The Morgan fingerprint density at radius 1 is 1.20 bits per heavy atom. The van der Waals surface area contributed by atoms with Crippen molar-refractivity contribution in [3.05, 3.63) is 64.3 Å². The minimum absolute atomic E-state index is 0.0211. The number of hydrogen-bond acceptors (Lipinski definition) is 5. The summed E-state index contributed by atoms with van der Waals surface area (Å²) in [5.41, 5.74) is -0.245. The fourth-order valence-electron chi connectivity index (χ4n) is 3.74. The maximum Gasteiger partial charge on any atom is 0.220 e. The van der Waals surface area contributed by atoms with Crippen LogP contribution >= 0.6 is 11.3 Å². The number of amides is 1. The van der Waals surface area contributed by atoms with Gasteiger partial charge in [0.05, 0.1) is 17.8 Å². The summed E-state index contributed by atoms with van der Waals surface area (Å²) in [5, 5.41) is 5.07. The van der Waals surface area contributed by atoms with Crippen molar-refractivity contribution >= 4 is 17.2 Å². The third kappa shape index (κ3) is 4.76. The maximum atomic E-state index is 13.9. The van der Waals surface area contributed by atoms with E-state index in [1.165, 1.54) is 42.1 Å². The number of nitrogens with zero attached hydrogens (tertiary/aromatic N) is 2. The molecule has 1 N–H and O–H groups in total. The summed E-state index contributed by atoms with van der Waals surface area (Å²) >= 11 is 1.70. The van der Waals surface area contributed by atoms with E-state index in [1.54, 1.807) is 11.3 Å². The average Bonchev–Trinajstić information content (AvgIpc) is 3.50. The molecular formula is C22H23F2N3O2S. The molecule has 0 radical (unpaired) electrons. The summed E-state index contributed by atoms with van der Waals surface area (Å²) in [6.45, 7) is 2.64. The third-order valence-corrected chi connectivity index (χ3v) is 6.25. The SMILES string of the molecule is O=C(CCc1ncc(-c2c(F)cccc2F)o1)NC[C@H](c1cccs1)N1CCCC1. The van der Waals surface area contributed by atoms with E-state index >= 15 is 0 Å². The van der Waals surface area contributed by atoms with Gasteiger partial charge in [-0.3, -0.25) is 9.69 Å². The molecule has 3 heterocycles. The number of halogens is 2. The Bertz CT molecular complexity index is 964. The second kappa shape index (κ2) is 9.49. The molecule has 158 valence electrons. The standard InChI is InChI=1S/C22H23F2N3O2S/c23-15-5-3-6-16(24)22(15)18-14-26-21(29-18)9-8-20(28)25-13-17(19-7-4-12-30-19)27-10-1-2-11-27/h3-7,12,14,17H,1-2,8-11,13H2,(H,25,28)/t17-/m1/s1. The Kier molecular flexibility index (Phi) is 6.54. The first-order valence-electron chi connectivity index (χ1n) is 10.0. The number of thiophene rings is 1. The van der Waals surface area contributed by atoms with Gasteiger partial charge in [-0.05, 0) is 49.5 Å². The van der Waals surface area contributed by atoms with E-state index in [1.807, 2.05) is 6.07 Å². The highest BCUT2D eigenvalue weighted by molar-refractivity contribution is 7.10. The Hall–Kier alpha value is -2.58. The lowest BCUT2D eigenvalue weighted by molar-refractivity contribution is -0.121. The monoisotopic (exact) mass is 431 g/mol. The lowest BCUT2D eigenvalue weighted by atomic mass is 10.1. The van der Waals surface area contributed by atoms with Crippen LogP contribution in [-0.2, 0) is 11.2 Å².